The molecule has 0 saturated heterocycles. The van der Waals surface area contributed by atoms with Crippen LogP contribution in [0.1, 0.15) is 18.1 Å². The van der Waals surface area contributed by atoms with Gasteiger partial charge in [-0.3, -0.25) is 4.79 Å². The van der Waals surface area contributed by atoms with Gasteiger partial charge in [0.25, 0.3) is 0 Å². The van der Waals surface area contributed by atoms with E-state index in [1.54, 1.807) is 49.6 Å². The molecule has 140 valence electrons. The van der Waals surface area contributed by atoms with Crippen LogP contribution in [0.15, 0.2) is 48.5 Å². The van der Waals surface area contributed by atoms with Crippen molar-refractivity contribution in [1.82, 2.24) is 0 Å². The fraction of sp³-hybridized carbons (Fsp3) is 0.238. The number of hydrogen-bond donors (Lipinski definition) is 0. The molecule has 0 atom stereocenters. The van der Waals surface area contributed by atoms with Crippen molar-refractivity contribution in [3.8, 4) is 17.6 Å². The zero-order valence-corrected chi connectivity index (χ0v) is 15.3. The van der Waals surface area contributed by atoms with Crippen LogP contribution in [0.5, 0.6) is 11.5 Å². The van der Waals surface area contributed by atoms with Crippen LogP contribution in [0.2, 0.25) is 0 Å². The van der Waals surface area contributed by atoms with Gasteiger partial charge in [-0.15, -0.1) is 0 Å². The fourth-order valence-electron chi connectivity index (χ4n) is 2.19. The first kappa shape index (κ1) is 20.2. The summed E-state index contributed by atoms with van der Waals surface area (Å²) >= 11 is 0. The maximum absolute atomic E-state index is 10.9. The summed E-state index contributed by atoms with van der Waals surface area (Å²) in [7, 11) is 1.61. The number of hydrogen-bond acceptors (Lipinski definition) is 6. The van der Waals surface area contributed by atoms with E-state index in [9.17, 15) is 10.1 Å². The molecular formula is C21H21NO5. The van der Waals surface area contributed by atoms with E-state index in [1.807, 2.05) is 12.1 Å². The Morgan fingerprint density at radius 3 is 2.30 bits per heavy atom. The van der Waals surface area contributed by atoms with Crippen LogP contribution < -0.4 is 9.47 Å². The second kappa shape index (κ2) is 10.8. The molecule has 2 rings (SSSR count). The number of rotatable bonds is 9. The standard InChI is InChI=1S/C21H21NO5/c1-16(23)27-21-7-3-17(4-8-21)13-19(14-22)18-5-9-20(10-6-18)26-15-25-12-11-24-2/h3-10,13H,11-12,15H2,1-2H3/b19-13+. The van der Waals surface area contributed by atoms with Crippen molar-refractivity contribution in [3.63, 3.8) is 0 Å². The summed E-state index contributed by atoms with van der Waals surface area (Å²) in [6.07, 6.45) is 1.77. The highest BCUT2D eigenvalue weighted by molar-refractivity contribution is 5.89. The molecule has 0 bridgehead atoms. The normalized spacial score (nSPS) is 10.9. The molecule has 0 radical (unpaired) electrons. The highest BCUT2D eigenvalue weighted by atomic mass is 16.7. The van der Waals surface area contributed by atoms with Crippen LogP contribution in [0.4, 0.5) is 0 Å². The summed E-state index contributed by atoms with van der Waals surface area (Å²) in [5, 5.41) is 9.46. The van der Waals surface area contributed by atoms with Crippen LogP contribution in [-0.4, -0.2) is 33.1 Å². The Labute approximate surface area is 158 Å². The van der Waals surface area contributed by atoms with Crippen molar-refractivity contribution >= 4 is 17.6 Å². The molecule has 0 aromatic heterocycles. The number of ether oxygens (including phenoxy) is 4. The lowest BCUT2D eigenvalue weighted by Crippen LogP contribution is -2.07. The Hall–Kier alpha value is -3.14. The number of methoxy groups -OCH3 is 1. The van der Waals surface area contributed by atoms with Crippen LogP contribution in [-0.2, 0) is 14.3 Å². The van der Waals surface area contributed by atoms with Gasteiger partial charge in [0.1, 0.15) is 11.5 Å². The Morgan fingerprint density at radius 2 is 1.70 bits per heavy atom. The van der Waals surface area contributed by atoms with Gasteiger partial charge in [0.15, 0.2) is 6.79 Å². The minimum atomic E-state index is -0.373. The molecule has 0 aliphatic carbocycles. The van der Waals surface area contributed by atoms with Gasteiger partial charge in [-0.2, -0.15) is 5.26 Å². The molecule has 27 heavy (non-hydrogen) atoms. The zero-order valence-electron chi connectivity index (χ0n) is 15.3. The third-order valence-electron chi connectivity index (χ3n) is 3.48. The second-order valence-electron chi connectivity index (χ2n) is 5.52. The molecule has 0 amide bonds. The minimum absolute atomic E-state index is 0.137. The third-order valence-corrected chi connectivity index (χ3v) is 3.48. The van der Waals surface area contributed by atoms with Gasteiger partial charge in [-0.25, -0.2) is 0 Å². The summed E-state index contributed by atoms with van der Waals surface area (Å²) in [6.45, 7) is 2.46. The number of nitriles is 1. The van der Waals surface area contributed by atoms with E-state index in [2.05, 4.69) is 6.07 Å². The highest BCUT2D eigenvalue weighted by Gasteiger charge is 2.03. The fourth-order valence-corrected chi connectivity index (χ4v) is 2.19. The second-order valence-corrected chi connectivity index (χ2v) is 5.52. The topological polar surface area (TPSA) is 77.8 Å². The summed E-state index contributed by atoms with van der Waals surface area (Å²) in [5.41, 5.74) is 2.11. The number of nitrogens with zero attached hydrogens (tertiary/aromatic N) is 1. The number of benzene rings is 2. The summed E-state index contributed by atoms with van der Waals surface area (Å²) < 4.78 is 20.6. The van der Waals surface area contributed by atoms with E-state index in [4.69, 9.17) is 18.9 Å². The smallest absolute Gasteiger partial charge is 0.308 e. The zero-order chi connectivity index (χ0) is 19.5. The molecule has 0 heterocycles. The van der Waals surface area contributed by atoms with Crippen molar-refractivity contribution in [2.75, 3.05) is 27.1 Å². The SMILES string of the molecule is COCCOCOc1ccc(/C(C#N)=C/c2ccc(OC(C)=O)cc2)cc1. The number of allylic oxidation sites excluding steroid dienone is 1. The number of esters is 1. The van der Waals surface area contributed by atoms with Gasteiger partial charge in [0.05, 0.1) is 24.9 Å². The summed E-state index contributed by atoms with van der Waals surface area (Å²) in [4.78, 5) is 10.9. The largest absolute Gasteiger partial charge is 0.468 e. The summed E-state index contributed by atoms with van der Waals surface area (Å²) in [6, 6.07) is 16.3. The van der Waals surface area contributed by atoms with E-state index >= 15 is 0 Å². The monoisotopic (exact) mass is 367 g/mol. The van der Waals surface area contributed by atoms with Gasteiger partial charge in [0, 0.05) is 14.0 Å². The van der Waals surface area contributed by atoms with Crippen molar-refractivity contribution in [2.45, 2.75) is 6.92 Å². The molecule has 0 spiro atoms. The van der Waals surface area contributed by atoms with E-state index in [0.717, 1.165) is 11.1 Å². The van der Waals surface area contributed by atoms with Crippen LogP contribution in [0.3, 0.4) is 0 Å². The highest BCUT2D eigenvalue weighted by Crippen LogP contribution is 2.22. The van der Waals surface area contributed by atoms with Gasteiger partial charge >= 0.3 is 5.97 Å². The molecule has 6 heteroatoms. The van der Waals surface area contributed by atoms with Crippen LogP contribution >= 0.6 is 0 Å². The molecule has 0 fully saturated rings. The Bertz CT molecular complexity index is 804. The lowest BCUT2D eigenvalue weighted by molar-refractivity contribution is -0.131. The third kappa shape index (κ3) is 6.94. The van der Waals surface area contributed by atoms with E-state index < -0.39 is 0 Å². The Morgan fingerprint density at radius 1 is 1.04 bits per heavy atom. The predicted molar refractivity (Wildman–Crippen MR) is 101 cm³/mol. The average Bonchev–Trinajstić information content (AvgIpc) is 2.67. The minimum Gasteiger partial charge on any atom is -0.468 e. The van der Waals surface area contributed by atoms with Gasteiger partial charge in [-0.05, 0) is 53.6 Å². The Kier molecular flexibility index (Phi) is 8.04. The average molecular weight is 367 g/mol. The maximum Gasteiger partial charge on any atom is 0.308 e. The Balaban J connectivity index is 2.01. The molecule has 0 aliphatic heterocycles. The van der Waals surface area contributed by atoms with E-state index in [0.29, 0.717) is 30.3 Å². The molecular weight excluding hydrogens is 346 g/mol. The molecule has 0 N–H and O–H groups in total. The first-order valence-electron chi connectivity index (χ1n) is 8.32. The van der Waals surface area contributed by atoms with Crippen LogP contribution in [0, 0.1) is 11.3 Å². The lowest BCUT2D eigenvalue weighted by atomic mass is 10.0. The van der Waals surface area contributed by atoms with Gasteiger partial charge in [-0.1, -0.05) is 12.1 Å². The maximum atomic E-state index is 10.9. The van der Waals surface area contributed by atoms with Crippen molar-refractivity contribution in [1.29, 1.82) is 5.26 Å². The summed E-state index contributed by atoms with van der Waals surface area (Å²) in [5.74, 6) is 0.744. The van der Waals surface area contributed by atoms with Crippen LogP contribution in [0.25, 0.3) is 11.6 Å². The molecule has 2 aromatic carbocycles. The number of carbonyl (C=O) groups excluding carboxylic acids is 1. The predicted octanol–water partition coefficient (Wildman–Crippen LogP) is 3.68. The molecule has 0 saturated carbocycles. The molecule has 2 aromatic rings. The number of carbonyl (C=O) groups is 1. The molecule has 0 aliphatic rings. The van der Waals surface area contributed by atoms with Gasteiger partial charge < -0.3 is 18.9 Å². The van der Waals surface area contributed by atoms with Crippen molar-refractivity contribution in [2.24, 2.45) is 0 Å². The van der Waals surface area contributed by atoms with Crippen molar-refractivity contribution < 1.29 is 23.7 Å². The van der Waals surface area contributed by atoms with Gasteiger partial charge in [0.2, 0.25) is 0 Å². The van der Waals surface area contributed by atoms with Crippen molar-refractivity contribution in [3.05, 3.63) is 59.7 Å². The lowest BCUT2D eigenvalue weighted by Gasteiger charge is -2.08. The quantitative estimate of drug-likeness (QED) is 0.168. The molecule has 0 unspecified atom stereocenters. The van der Waals surface area contributed by atoms with E-state index in [-0.39, 0.29) is 12.8 Å². The first-order valence-corrected chi connectivity index (χ1v) is 8.32. The first-order chi connectivity index (χ1) is 13.1. The van der Waals surface area contributed by atoms with E-state index in [1.165, 1.54) is 6.92 Å². The molecule has 6 nitrogen and oxygen atoms in total.